The van der Waals surface area contributed by atoms with Crippen LogP contribution in [0.4, 0.5) is 0 Å². The molecule has 0 radical (unpaired) electrons. The van der Waals surface area contributed by atoms with E-state index in [1.807, 2.05) is 6.92 Å². The summed E-state index contributed by atoms with van der Waals surface area (Å²) in [5.74, 6) is 0. The number of hydrogen-bond donors (Lipinski definition) is 1. The summed E-state index contributed by atoms with van der Waals surface area (Å²) in [4.78, 5) is 0. The Kier molecular flexibility index (Phi) is 6.14. The van der Waals surface area contributed by atoms with Crippen molar-refractivity contribution >= 4 is 11.6 Å². The molecule has 2 atom stereocenters. The Bertz CT molecular complexity index is 73.7. The van der Waals surface area contributed by atoms with Gasteiger partial charge in [0.25, 0.3) is 0 Å². The van der Waals surface area contributed by atoms with Gasteiger partial charge in [-0.2, -0.15) is 0 Å². The average molecular weight is 165 g/mol. The zero-order valence-electron chi connectivity index (χ0n) is 6.81. The highest BCUT2D eigenvalue weighted by Gasteiger charge is 2.06. The number of halogens is 1. The third-order valence-electron chi connectivity index (χ3n) is 1.49. The molecule has 0 aromatic carbocycles. The molecule has 0 aromatic heterocycles. The van der Waals surface area contributed by atoms with Gasteiger partial charge in [-0.15, -0.1) is 11.6 Å². The van der Waals surface area contributed by atoms with Crippen LogP contribution >= 0.6 is 11.6 Å². The summed E-state index contributed by atoms with van der Waals surface area (Å²) in [7, 11) is 0. The van der Waals surface area contributed by atoms with E-state index in [4.69, 9.17) is 11.6 Å². The molecule has 62 valence electrons. The van der Waals surface area contributed by atoms with Crippen LogP contribution in [0.15, 0.2) is 0 Å². The lowest BCUT2D eigenvalue weighted by atomic mass is 10.1. The number of aliphatic hydroxyl groups excluding tert-OH is 1. The SMILES string of the molecule is CCCCC(O)CC(C)Cl. The number of rotatable bonds is 5. The van der Waals surface area contributed by atoms with Crippen LogP contribution in [0.2, 0.25) is 0 Å². The minimum atomic E-state index is -0.188. The predicted molar refractivity (Wildman–Crippen MR) is 45.5 cm³/mol. The first-order valence-corrected chi connectivity index (χ1v) is 4.42. The highest BCUT2D eigenvalue weighted by molar-refractivity contribution is 6.20. The van der Waals surface area contributed by atoms with Crippen molar-refractivity contribution in [1.29, 1.82) is 0 Å². The zero-order valence-corrected chi connectivity index (χ0v) is 7.56. The maximum atomic E-state index is 9.27. The molecule has 0 aliphatic heterocycles. The fraction of sp³-hybridized carbons (Fsp3) is 1.00. The van der Waals surface area contributed by atoms with Crippen molar-refractivity contribution in [3.63, 3.8) is 0 Å². The molecule has 0 heterocycles. The van der Waals surface area contributed by atoms with Gasteiger partial charge in [-0.25, -0.2) is 0 Å². The van der Waals surface area contributed by atoms with E-state index in [0.29, 0.717) is 0 Å². The fourth-order valence-corrected chi connectivity index (χ4v) is 1.14. The molecule has 0 aromatic rings. The largest absolute Gasteiger partial charge is 0.393 e. The maximum absolute atomic E-state index is 9.27. The third kappa shape index (κ3) is 6.37. The molecule has 2 unspecified atom stereocenters. The number of hydrogen-bond acceptors (Lipinski definition) is 1. The first-order valence-electron chi connectivity index (χ1n) is 3.99. The van der Waals surface area contributed by atoms with E-state index in [1.165, 1.54) is 0 Å². The van der Waals surface area contributed by atoms with Crippen LogP contribution in [0.3, 0.4) is 0 Å². The Morgan fingerprint density at radius 2 is 2.10 bits per heavy atom. The van der Waals surface area contributed by atoms with E-state index >= 15 is 0 Å². The summed E-state index contributed by atoms with van der Waals surface area (Å²) in [5.41, 5.74) is 0. The molecule has 1 nitrogen and oxygen atoms in total. The van der Waals surface area contributed by atoms with Crippen LogP contribution in [0.5, 0.6) is 0 Å². The van der Waals surface area contributed by atoms with Crippen molar-refractivity contribution in [2.45, 2.75) is 51.0 Å². The van der Waals surface area contributed by atoms with Crippen LogP contribution in [-0.4, -0.2) is 16.6 Å². The van der Waals surface area contributed by atoms with Crippen molar-refractivity contribution in [1.82, 2.24) is 0 Å². The Morgan fingerprint density at radius 1 is 1.50 bits per heavy atom. The lowest BCUT2D eigenvalue weighted by molar-refractivity contribution is 0.152. The second-order valence-corrected chi connectivity index (χ2v) is 3.56. The van der Waals surface area contributed by atoms with Crippen molar-refractivity contribution in [3.05, 3.63) is 0 Å². The molecule has 0 saturated heterocycles. The molecule has 0 bridgehead atoms. The monoisotopic (exact) mass is 164 g/mol. The molecule has 1 N–H and O–H groups in total. The Balaban J connectivity index is 3.16. The quantitative estimate of drug-likeness (QED) is 0.620. The van der Waals surface area contributed by atoms with Gasteiger partial charge in [-0.1, -0.05) is 19.8 Å². The topological polar surface area (TPSA) is 20.2 Å². The van der Waals surface area contributed by atoms with Crippen LogP contribution in [-0.2, 0) is 0 Å². The van der Waals surface area contributed by atoms with Crippen molar-refractivity contribution in [2.75, 3.05) is 0 Å². The van der Waals surface area contributed by atoms with Gasteiger partial charge in [0.1, 0.15) is 0 Å². The average Bonchev–Trinajstić information content (AvgIpc) is 1.82. The lowest BCUT2D eigenvalue weighted by Crippen LogP contribution is -2.10. The Morgan fingerprint density at radius 3 is 2.50 bits per heavy atom. The van der Waals surface area contributed by atoms with Crippen LogP contribution in [0, 0.1) is 0 Å². The molecule has 0 aliphatic carbocycles. The smallest absolute Gasteiger partial charge is 0.0554 e. The van der Waals surface area contributed by atoms with E-state index in [9.17, 15) is 5.11 Å². The molecular formula is C8H17ClO. The molecule has 0 amide bonds. The van der Waals surface area contributed by atoms with E-state index in [2.05, 4.69) is 6.92 Å². The highest BCUT2D eigenvalue weighted by atomic mass is 35.5. The Hall–Kier alpha value is 0.250. The summed E-state index contributed by atoms with van der Waals surface area (Å²) in [5, 5.41) is 9.37. The maximum Gasteiger partial charge on any atom is 0.0554 e. The summed E-state index contributed by atoms with van der Waals surface area (Å²) in [6.45, 7) is 4.04. The fourth-order valence-electron chi connectivity index (χ4n) is 0.933. The van der Waals surface area contributed by atoms with Gasteiger partial charge in [-0.05, 0) is 19.8 Å². The highest BCUT2D eigenvalue weighted by Crippen LogP contribution is 2.09. The van der Waals surface area contributed by atoms with Gasteiger partial charge in [0, 0.05) is 5.38 Å². The van der Waals surface area contributed by atoms with Gasteiger partial charge in [0.05, 0.1) is 6.10 Å². The van der Waals surface area contributed by atoms with Crippen molar-refractivity contribution < 1.29 is 5.11 Å². The Labute approximate surface area is 68.4 Å². The molecular weight excluding hydrogens is 148 g/mol. The van der Waals surface area contributed by atoms with Gasteiger partial charge < -0.3 is 5.11 Å². The van der Waals surface area contributed by atoms with E-state index in [0.717, 1.165) is 25.7 Å². The summed E-state index contributed by atoms with van der Waals surface area (Å²) >= 11 is 5.69. The first-order chi connectivity index (χ1) is 4.66. The van der Waals surface area contributed by atoms with E-state index in [-0.39, 0.29) is 11.5 Å². The van der Waals surface area contributed by atoms with Gasteiger partial charge in [-0.3, -0.25) is 0 Å². The third-order valence-corrected chi connectivity index (χ3v) is 1.67. The van der Waals surface area contributed by atoms with Crippen LogP contribution < -0.4 is 0 Å². The second kappa shape index (κ2) is 5.99. The molecule has 0 spiro atoms. The number of unbranched alkanes of at least 4 members (excludes halogenated alkanes) is 1. The zero-order chi connectivity index (χ0) is 7.98. The number of aliphatic hydroxyl groups is 1. The van der Waals surface area contributed by atoms with Crippen molar-refractivity contribution in [3.8, 4) is 0 Å². The van der Waals surface area contributed by atoms with Crippen LogP contribution in [0.25, 0.3) is 0 Å². The van der Waals surface area contributed by atoms with E-state index < -0.39 is 0 Å². The summed E-state index contributed by atoms with van der Waals surface area (Å²) in [6, 6.07) is 0. The molecule has 0 fully saturated rings. The van der Waals surface area contributed by atoms with E-state index in [1.54, 1.807) is 0 Å². The standard InChI is InChI=1S/C8H17ClO/c1-3-4-5-8(10)6-7(2)9/h7-8,10H,3-6H2,1-2H3. The normalized spacial score (nSPS) is 16.8. The molecule has 0 aliphatic rings. The van der Waals surface area contributed by atoms with Gasteiger partial charge in [0.15, 0.2) is 0 Å². The second-order valence-electron chi connectivity index (χ2n) is 2.81. The first kappa shape index (κ1) is 10.2. The summed E-state index contributed by atoms with van der Waals surface area (Å²) < 4.78 is 0. The van der Waals surface area contributed by atoms with Gasteiger partial charge >= 0.3 is 0 Å². The van der Waals surface area contributed by atoms with Gasteiger partial charge in [0.2, 0.25) is 0 Å². The summed E-state index contributed by atoms with van der Waals surface area (Å²) in [6.07, 6.45) is 3.68. The predicted octanol–water partition coefficient (Wildman–Crippen LogP) is 2.55. The molecule has 2 heteroatoms. The molecule has 0 rings (SSSR count). The minimum absolute atomic E-state index is 0.104. The number of alkyl halides is 1. The lowest BCUT2D eigenvalue weighted by Gasteiger charge is -2.10. The van der Waals surface area contributed by atoms with Crippen molar-refractivity contribution in [2.24, 2.45) is 0 Å². The minimum Gasteiger partial charge on any atom is -0.393 e. The van der Waals surface area contributed by atoms with Crippen LogP contribution in [0.1, 0.15) is 39.5 Å². The molecule has 0 saturated carbocycles. The molecule has 10 heavy (non-hydrogen) atoms.